The maximum absolute atomic E-state index is 6.32. The largest absolute Gasteiger partial charge is 0.310 e. The van der Waals surface area contributed by atoms with E-state index in [2.05, 4.69) is 47.2 Å². The summed E-state index contributed by atoms with van der Waals surface area (Å²) in [6.45, 7) is 5.63. The topological polar surface area (TPSA) is 12.0 Å². The molecule has 1 aromatic rings. The summed E-state index contributed by atoms with van der Waals surface area (Å²) >= 11 is 9.77. The van der Waals surface area contributed by atoms with Crippen LogP contribution in [0.2, 0.25) is 5.02 Å². The summed E-state index contributed by atoms with van der Waals surface area (Å²) in [4.78, 5) is 0. The SMILES string of the molecule is CCC1(CNC(C)c2ccc(Br)cc2Cl)CCCC1. The molecular weight excluding hydrogens is 322 g/mol. The molecule has 0 bridgehead atoms. The van der Waals surface area contributed by atoms with Gasteiger partial charge in [-0.2, -0.15) is 0 Å². The van der Waals surface area contributed by atoms with Gasteiger partial charge in [-0.05, 0) is 49.3 Å². The predicted octanol–water partition coefficient (Wildman–Crippen LogP) is 5.72. The highest BCUT2D eigenvalue weighted by atomic mass is 79.9. The highest BCUT2D eigenvalue weighted by Gasteiger charge is 2.32. The van der Waals surface area contributed by atoms with Gasteiger partial charge in [-0.25, -0.2) is 0 Å². The van der Waals surface area contributed by atoms with Crippen molar-refractivity contribution in [3.05, 3.63) is 33.3 Å². The smallest absolute Gasteiger partial charge is 0.0464 e. The third-order valence-corrected chi connectivity index (χ3v) is 5.45. The Labute approximate surface area is 130 Å². The average molecular weight is 345 g/mol. The summed E-state index contributed by atoms with van der Waals surface area (Å²) in [5, 5.41) is 4.53. The number of nitrogens with one attached hydrogen (secondary N) is 1. The molecule has 1 N–H and O–H groups in total. The molecule has 3 heteroatoms. The Morgan fingerprint density at radius 1 is 1.37 bits per heavy atom. The first-order valence-electron chi connectivity index (χ1n) is 7.25. The third-order valence-electron chi connectivity index (χ3n) is 4.63. The zero-order valence-electron chi connectivity index (χ0n) is 11.8. The number of benzene rings is 1. The molecule has 1 saturated carbocycles. The lowest BCUT2D eigenvalue weighted by atomic mass is 9.83. The first kappa shape index (κ1) is 15.3. The quantitative estimate of drug-likeness (QED) is 0.720. The van der Waals surface area contributed by atoms with Crippen LogP contribution in [0.15, 0.2) is 22.7 Å². The van der Waals surface area contributed by atoms with Crippen molar-refractivity contribution >= 4 is 27.5 Å². The molecule has 106 valence electrons. The Morgan fingerprint density at radius 3 is 2.63 bits per heavy atom. The molecule has 2 rings (SSSR count). The second-order valence-electron chi connectivity index (χ2n) is 5.83. The molecule has 1 aliphatic rings. The molecule has 0 radical (unpaired) electrons. The van der Waals surface area contributed by atoms with Crippen LogP contribution in [0.1, 0.15) is 57.6 Å². The molecule has 1 fully saturated rings. The van der Waals surface area contributed by atoms with Crippen LogP contribution in [0.3, 0.4) is 0 Å². The lowest BCUT2D eigenvalue weighted by molar-refractivity contribution is 0.259. The van der Waals surface area contributed by atoms with Crippen molar-refractivity contribution in [3.63, 3.8) is 0 Å². The number of rotatable bonds is 5. The van der Waals surface area contributed by atoms with E-state index < -0.39 is 0 Å². The van der Waals surface area contributed by atoms with Gasteiger partial charge in [0.1, 0.15) is 0 Å². The van der Waals surface area contributed by atoms with E-state index in [1.807, 2.05) is 6.07 Å². The van der Waals surface area contributed by atoms with E-state index >= 15 is 0 Å². The van der Waals surface area contributed by atoms with Crippen molar-refractivity contribution in [2.24, 2.45) is 5.41 Å². The van der Waals surface area contributed by atoms with Crippen LogP contribution in [0.25, 0.3) is 0 Å². The molecule has 1 atom stereocenters. The summed E-state index contributed by atoms with van der Waals surface area (Å²) < 4.78 is 1.04. The van der Waals surface area contributed by atoms with Crippen LogP contribution in [0.5, 0.6) is 0 Å². The minimum Gasteiger partial charge on any atom is -0.310 e. The van der Waals surface area contributed by atoms with Gasteiger partial charge in [-0.1, -0.05) is 53.4 Å². The van der Waals surface area contributed by atoms with E-state index in [9.17, 15) is 0 Å². The van der Waals surface area contributed by atoms with Crippen molar-refractivity contribution in [2.75, 3.05) is 6.54 Å². The molecule has 1 nitrogen and oxygen atoms in total. The zero-order chi connectivity index (χ0) is 13.9. The van der Waals surface area contributed by atoms with Gasteiger partial charge >= 0.3 is 0 Å². The first-order valence-corrected chi connectivity index (χ1v) is 8.42. The number of halogens is 2. The molecule has 1 aromatic carbocycles. The zero-order valence-corrected chi connectivity index (χ0v) is 14.1. The predicted molar refractivity (Wildman–Crippen MR) is 86.8 cm³/mol. The molecule has 0 aromatic heterocycles. The Balaban J connectivity index is 1.99. The second-order valence-corrected chi connectivity index (χ2v) is 7.15. The van der Waals surface area contributed by atoms with E-state index in [-0.39, 0.29) is 0 Å². The molecule has 19 heavy (non-hydrogen) atoms. The summed E-state index contributed by atoms with van der Waals surface area (Å²) in [6.07, 6.45) is 6.81. The van der Waals surface area contributed by atoms with Gasteiger partial charge < -0.3 is 5.32 Å². The lowest BCUT2D eigenvalue weighted by Crippen LogP contribution is -2.33. The normalized spacial score (nSPS) is 19.6. The molecule has 1 unspecified atom stereocenters. The standard InChI is InChI=1S/C16H23BrClN/c1-3-16(8-4-5-9-16)11-19-12(2)14-7-6-13(17)10-15(14)18/h6-7,10,12,19H,3-5,8-9,11H2,1-2H3. The maximum Gasteiger partial charge on any atom is 0.0464 e. The molecule has 0 aliphatic heterocycles. The lowest BCUT2D eigenvalue weighted by Gasteiger charge is -2.30. The van der Waals surface area contributed by atoms with Gasteiger partial charge in [0.05, 0.1) is 0 Å². The maximum atomic E-state index is 6.32. The summed E-state index contributed by atoms with van der Waals surface area (Å²) in [6, 6.07) is 6.45. The third kappa shape index (κ3) is 3.74. The Hall–Kier alpha value is -0.0500. The van der Waals surface area contributed by atoms with E-state index in [1.54, 1.807) is 0 Å². The Kier molecular flexibility index (Phi) is 5.33. The fourth-order valence-corrected chi connectivity index (χ4v) is 3.95. The molecule has 0 saturated heterocycles. The van der Waals surface area contributed by atoms with Crippen LogP contribution in [-0.2, 0) is 0 Å². The van der Waals surface area contributed by atoms with Gasteiger partial charge in [0.2, 0.25) is 0 Å². The monoisotopic (exact) mass is 343 g/mol. The van der Waals surface area contributed by atoms with Crippen LogP contribution < -0.4 is 5.32 Å². The second kappa shape index (κ2) is 6.60. The van der Waals surface area contributed by atoms with E-state index in [1.165, 1.54) is 37.7 Å². The fraction of sp³-hybridized carbons (Fsp3) is 0.625. The fourth-order valence-electron chi connectivity index (χ4n) is 3.11. The Bertz CT molecular complexity index is 427. The van der Waals surface area contributed by atoms with E-state index in [0.717, 1.165) is 16.0 Å². The van der Waals surface area contributed by atoms with E-state index in [4.69, 9.17) is 11.6 Å². The van der Waals surface area contributed by atoms with Crippen LogP contribution in [0, 0.1) is 5.41 Å². The highest BCUT2D eigenvalue weighted by Crippen LogP contribution is 2.40. The first-order chi connectivity index (χ1) is 9.06. The van der Waals surface area contributed by atoms with Crippen LogP contribution in [0.4, 0.5) is 0 Å². The number of hydrogen-bond donors (Lipinski definition) is 1. The summed E-state index contributed by atoms with van der Waals surface area (Å²) in [7, 11) is 0. The van der Waals surface area contributed by atoms with Gasteiger partial charge in [0.25, 0.3) is 0 Å². The molecular formula is C16H23BrClN. The van der Waals surface area contributed by atoms with Crippen molar-refractivity contribution in [1.82, 2.24) is 5.32 Å². The minimum atomic E-state index is 0.310. The Morgan fingerprint density at radius 2 is 2.05 bits per heavy atom. The molecule has 0 heterocycles. The molecule has 1 aliphatic carbocycles. The van der Waals surface area contributed by atoms with Gasteiger partial charge in [0, 0.05) is 22.1 Å². The van der Waals surface area contributed by atoms with Crippen molar-refractivity contribution < 1.29 is 0 Å². The van der Waals surface area contributed by atoms with Gasteiger partial charge in [-0.3, -0.25) is 0 Å². The van der Waals surface area contributed by atoms with Gasteiger partial charge in [0.15, 0.2) is 0 Å². The van der Waals surface area contributed by atoms with Crippen molar-refractivity contribution in [1.29, 1.82) is 0 Å². The minimum absolute atomic E-state index is 0.310. The van der Waals surface area contributed by atoms with Crippen LogP contribution >= 0.6 is 27.5 Å². The summed E-state index contributed by atoms with van der Waals surface area (Å²) in [5.41, 5.74) is 1.71. The van der Waals surface area contributed by atoms with Gasteiger partial charge in [-0.15, -0.1) is 0 Å². The molecule has 0 amide bonds. The number of hydrogen-bond acceptors (Lipinski definition) is 1. The highest BCUT2D eigenvalue weighted by molar-refractivity contribution is 9.10. The van der Waals surface area contributed by atoms with Crippen molar-refractivity contribution in [2.45, 2.75) is 52.0 Å². The average Bonchev–Trinajstić information content (AvgIpc) is 2.85. The van der Waals surface area contributed by atoms with Crippen LogP contribution in [-0.4, -0.2) is 6.54 Å². The van der Waals surface area contributed by atoms with Crippen molar-refractivity contribution in [3.8, 4) is 0 Å². The molecule has 0 spiro atoms. The van der Waals surface area contributed by atoms with E-state index in [0.29, 0.717) is 11.5 Å². The summed E-state index contributed by atoms with van der Waals surface area (Å²) in [5.74, 6) is 0.